The molecule has 0 spiro atoms. The predicted molar refractivity (Wildman–Crippen MR) is 82.5 cm³/mol. The molecular formula is C18H21NO. The topological polar surface area (TPSA) is 29.1 Å². The maximum absolute atomic E-state index is 12.1. The molecule has 1 N–H and O–H groups in total. The van der Waals surface area contributed by atoms with E-state index in [4.69, 9.17) is 0 Å². The molecule has 2 aromatic rings. The van der Waals surface area contributed by atoms with Gasteiger partial charge < -0.3 is 5.32 Å². The third kappa shape index (κ3) is 4.54. The Kier molecular flexibility index (Phi) is 5.36. The summed E-state index contributed by atoms with van der Waals surface area (Å²) in [5.74, 6) is 0.0963. The SMILES string of the molecule is CC[C@@H](Cc1ccccc1)NC(=O)Cc1ccccc1. The smallest absolute Gasteiger partial charge is 0.224 e. The van der Waals surface area contributed by atoms with E-state index in [-0.39, 0.29) is 11.9 Å². The minimum absolute atomic E-state index is 0.0963. The highest BCUT2D eigenvalue weighted by molar-refractivity contribution is 5.78. The molecule has 0 aromatic heterocycles. The van der Waals surface area contributed by atoms with Gasteiger partial charge in [-0.25, -0.2) is 0 Å². The molecule has 0 radical (unpaired) electrons. The van der Waals surface area contributed by atoms with Gasteiger partial charge in [0.05, 0.1) is 6.42 Å². The zero-order chi connectivity index (χ0) is 14.2. The Balaban J connectivity index is 1.88. The fourth-order valence-corrected chi connectivity index (χ4v) is 2.26. The van der Waals surface area contributed by atoms with Crippen LogP contribution in [0.15, 0.2) is 60.7 Å². The predicted octanol–water partition coefficient (Wildman–Crippen LogP) is 3.37. The summed E-state index contributed by atoms with van der Waals surface area (Å²) in [4.78, 5) is 12.1. The fourth-order valence-electron chi connectivity index (χ4n) is 2.26. The second-order valence-corrected chi connectivity index (χ2v) is 5.02. The molecule has 0 aliphatic rings. The average molecular weight is 267 g/mol. The van der Waals surface area contributed by atoms with Gasteiger partial charge in [0.25, 0.3) is 0 Å². The van der Waals surface area contributed by atoms with E-state index in [1.54, 1.807) is 0 Å². The summed E-state index contributed by atoms with van der Waals surface area (Å²) >= 11 is 0. The molecular weight excluding hydrogens is 246 g/mol. The lowest BCUT2D eigenvalue weighted by molar-refractivity contribution is -0.121. The molecule has 0 aliphatic carbocycles. The van der Waals surface area contributed by atoms with Crippen LogP contribution in [0.25, 0.3) is 0 Å². The fraction of sp³-hybridized carbons (Fsp3) is 0.278. The molecule has 0 fully saturated rings. The van der Waals surface area contributed by atoms with Crippen LogP contribution >= 0.6 is 0 Å². The van der Waals surface area contributed by atoms with Gasteiger partial charge in [-0.15, -0.1) is 0 Å². The molecule has 2 rings (SSSR count). The zero-order valence-corrected chi connectivity index (χ0v) is 11.9. The molecule has 2 nitrogen and oxygen atoms in total. The highest BCUT2D eigenvalue weighted by Crippen LogP contribution is 2.06. The van der Waals surface area contributed by atoms with E-state index in [1.165, 1.54) is 5.56 Å². The van der Waals surface area contributed by atoms with Crippen LogP contribution in [0.4, 0.5) is 0 Å². The Hall–Kier alpha value is -2.09. The molecule has 0 saturated carbocycles. The Labute approximate surface area is 120 Å². The van der Waals surface area contributed by atoms with Gasteiger partial charge in [0.1, 0.15) is 0 Å². The maximum atomic E-state index is 12.1. The van der Waals surface area contributed by atoms with E-state index < -0.39 is 0 Å². The number of rotatable bonds is 6. The summed E-state index contributed by atoms with van der Waals surface area (Å²) in [6.45, 7) is 2.11. The summed E-state index contributed by atoms with van der Waals surface area (Å²) in [7, 11) is 0. The third-order valence-electron chi connectivity index (χ3n) is 3.39. The van der Waals surface area contributed by atoms with Crippen LogP contribution < -0.4 is 5.32 Å². The molecule has 0 unspecified atom stereocenters. The van der Waals surface area contributed by atoms with Crippen LogP contribution in [-0.4, -0.2) is 11.9 Å². The van der Waals surface area contributed by atoms with Crippen molar-refractivity contribution in [1.82, 2.24) is 5.32 Å². The van der Waals surface area contributed by atoms with Crippen LogP contribution in [0, 0.1) is 0 Å². The van der Waals surface area contributed by atoms with Crippen LogP contribution in [0.2, 0.25) is 0 Å². The molecule has 0 aliphatic heterocycles. The molecule has 20 heavy (non-hydrogen) atoms. The van der Waals surface area contributed by atoms with Gasteiger partial charge in [0.2, 0.25) is 5.91 Å². The van der Waals surface area contributed by atoms with Gasteiger partial charge in [-0.2, -0.15) is 0 Å². The lowest BCUT2D eigenvalue weighted by Gasteiger charge is -2.17. The molecule has 0 bridgehead atoms. The van der Waals surface area contributed by atoms with Crippen molar-refractivity contribution in [3.8, 4) is 0 Å². The highest BCUT2D eigenvalue weighted by Gasteiger charge is 2.11. The molecule has 2 aromatic carbocycles. The van der Waals surface area contributed by atoms with Crippen LogP contribution in [0.1, 0.15) is 24.5 Å². The quantitative estimate of drug-likeness (QED) is 0.854. The highest BCUT2D eigenvalue weighted by atomic mass is 16.1. The minimum Gasteiger partial charge on any atom is -0.353 e. The lowest BCUT2D eigenvalue weighted by Crippen LogP contribution is -2.36. The van der Waals surface area contributed by atoms with Crippen molar-refractivity contribution in [3.05, 3.63) is 71.8 Å². The first-order valence-electron chi connectivity index (χ1n) is 7.15. The van der Waals surface area contributed by atoms with Crippen molar-refractivity contribution in [2.45, 2.75) is 32.2 Å². The molecule has 1 atom stereocenters. The van der Waals surface area contributed by atoms with E-state index >= 15 is 0 Å². The summed E-state index contributed by atoms with van der Waals surface area (Å²) in [5, 5.41) is 3.12. The van der Waals surface area contributed by atoms with Crippen molar-refractivity contribution in [3.63, 3.8) is 0 Å². The van der Waals surface area contributed by atoms with Gasteiger partial charge in [-0.1, -0.05) is 67.6 Å². The van der Waals surface area contributed by atoms with E-state index in [0.717, 1.165) is 18.4 Å². The Morgan fingerprint density at radius 1 is 0.950 bits per heavy atom. The standard InChI is InChI=1S/C18H21NO/c1-2-17(13-15-9-5-3-6-10-15)19-18(20)14-16-11-7-4-8-12-16/h3-12,17H,2,13-14H2,1H3,(H,19,20)/t17-/m0/s1. The third-order valence-corrected chi connectivity index (χ3v) is 3.39. The first-order valence-corrected chi connectivity index (χ1v) is 7.15. The Morgan fingerprint density at radius 3 is 2.05 bits per heavy atom. The molecule has 104 valence electrons. The van der Waals surface area contributed by atoms with Gasteiger partial charge in [0, 0.05) is 6.04 Å². The average Bonchev–Trinajstić information content (AvgIpc) is 2.48. The number of hydrogen-bond acceptors (Lipinski definition) is 1. The van der Waals surface area contributed by atoms with E-state index in [9.17, 15) is 4.79 Å². The Bertz CT molecular complexity index is 522. The van der Waals surface area contributed by atoms with Crippen molar-refractivity contribution in [1.29, 1.82) is 0 Å². The van der Waals surface area contributed by atoms with Crippen molar-refractivity contribution in [2.75, 3.05) is 0 Å². The normalized spacial score (nSPS) is 11.8. The number of hydrogen-bond donors (Lipinski definition) is 1. The van der Waals surface area contributed by atoms with Crippen molar-refractivity contribution in [2.24, 2.45) is 0 Å². The van der Waals surface area contributed by atoms with Gasteiger partial charge in [-0.3, -0.25) is 4.79 Å². The Morgan fingerprint density at radius 2 is 1.50 bits per heavy atom. The number of benzene rings is 2. The molecule has 0 saturated heterocycles. The largest absolute Gasteiger partial charge is 0.353 e. The summed E-state index contributed by atoms with van der Waals surface area (Å²) < 4.78 is 0. The zero-order valence-electron chi connectivity index (χ0n) is 11.9. The first kappa shape index (κ1) is 14.3. The van der Waals surface area contributed by atoms with Crippen molar-refractivity contribution >= 4 is 5.91 Å². The van der Waals surface area contributed by atoms with Gasteiger partial charge in [0.15, 0.2) is 0 Å². The number of carbonyl (C=O) groups is 1. The summed E-state index contributed by atoms with van der Waals surface area (Å²) in [6.07, 6.45) is 2.28. The summed E-state index contributed by atoms with van der Waals surface area (Å²) in [6, 6.07) is 20.3. The van der Waals surface area contributed by atoms with E-state index in [1.807, 2.05) is 48.5 Å². The van der Waals surface area contributed by atoms with E-state index in [0.29, 0.717) is 6.42 Å². The first-order chi connectivity index (χ1) is 9.78. The number of nitrogens with one attached hydrogen (secondary N) is 1. The molecule has 2 heteroatoms. The summed E-state index contributed by atoms with van der Waals surface area (Å²) in [5.41, 5.74) is 2.32. The number of carbonyl (C=O) groups excluding carboxylic acids is 1. The second kappa shape index (κ2) is 7.49. The van der Waals surface area contributed by atoms with Gasteiger partial charge >= 0.3 is 0 Å². The van der Waals surface area contributed by atoms with Gasteiger partial charge in [-0.05, 0) is 24.0 Å². The maximum Gasteiger partial charge on any atom is 0.224 e. The second-order valence-electron chi connectivity index (χ2n) is 5.02. The van der Waals surface area contributed by atoms with Crippen LogP contribution in [0.3, 0.4) is 0 Å². The van der Waals surface area contributed by atoms with Crippen molar-refractivity contribution < 1.29 is 4.79 Å². The molecule has 1 amide bonds. The number of amides is 1. The minimum atomic E-state index is 0.0963. The van der Waals surface area contributed by atoms with Crippen LogP contribution in [-0.2, 0) is 17.6 Å². The monoisotopic (exact) mass is 267 g/mol. The molecule has 0 heterocycles. The van der Waals surface area contributed by atoms with Crippen LogP contribution in [0.5, 0.6) is 0 Å². The van der Waals surface area contributed by atoms with E-state index in [2.05, 4.69) is 24.4 Å². The lowest BCUT2D eigenvalue weighted by atomic mass is 10.0.